The summed E-state index contributed by atoms with van der Waals surface area (Å²) in [6.45, 7) is 8.94. The third kappa shape index (κ3) is 1.94. The summed E-state index contributed by atoms with van der Waals surface area (Å²) in [5.41, 5.74) is 4.75. The van der Waals surface area contributed by atoms with Crippen LogP contribution in [0.4, 0.5) is 0 Å². The number of hydrogen-bond acceptors (Lipinski definition) is 1. The summed E-state index contributed by atoms with van der Waals surface area (Å²) in [6, 6.07) is 12.9. The highest BCUT2D eigenvalue weighted by molar-refractivity contribution is 6.06. The first-order valence-electron chi connectivity index (χ1n) is 7.03. The molecule has 0 aliphatic carbocycles. The maximum atomic E-state index is 6.08. The zero-order valence-electron chi connectivity index (χ0n) is 12.0. The van der Waals surface area contributed by atoms with E-state index in [-0.39, 0.29) is 0 Å². The van der Waals surface area contributed by atoms with E-state index >= 15 is 0 Å². The Kier molecular flexibility index (Phi) is 2.85. The molecule has 0 N–H and O–H groups in total. The molecular weight excluding hydrogens is 232 g/mol. The zero-order valence-corrected chi connectivity index (χ0v) is 12.0. The lowest BCUT2D eigenvalue weighted by Crippen LogP contribution is -1.93. The van der Waals surface area contributed by atoms with Gasteiger partial charge >= 0.3 is 0 Å². The van der Waals surface area contributed by atoms with E-state index in [0.29, 0.717) is 11.8 Å². The van der Waals surface area contributed by atoms with Crippen LogP contribution in [0.5, 0.6) is 0 Å². The molecule has 0 aliphatic heterocycles. The summed E-state index contributed by atoms with van der Waals surface area (Å²) in [7, 11) is 0. The van der Waals surface area contributed by atoms with Crippen molar-refractivity contribution < 1.29 is 4.42 Å². The second-order valence-electron chi connectivity index (χ2n) is 5.89. The van der Waals surface area contributed by atoms with Crippen LogP contribution in [-0.4, -0.2) is 0 Å². The summed E-state index contributed by atoms with van der Waals surface area (Å²) in [5, 5.41) is 2.48. The minimum absolute atomic E-state index is 0.474. The predicted octanol–water partition coefficient (Wildman–Crippen LogP) is 5.83. The molecule has 0 bridgehead atoms. The monoisotopic (exact) mass is 252 g/mol. The minimum Gasteiger partial charge on any atom is -0.456 e. The molecule has 3 aromatic rings. The molecule has 3 rings (SSSR count). The van der Waals surface area contributed by atoms with Crippen LogP contribution in [0.1, 0.15) is 50.7 Å². The van der Waals surface area contributed by atoms with E-state index in [2.05, 4.69) is 58.0 Å². The normalized spacial score (nSPS) is 12.1. The van der Waals surface area contributed by atoms with E-state index < -0.39 is 0 Å². The highest BCUT2D eigenvalue weighted by Crippen LogP contribution is 2.36. The van der Waals surface area contributed by atoms with Crippen molar-refractivity contribution in [1.29, 1.82) is 0 Å². The number of hydrogen-bond donors (Lipinski definition) is 0. The van der Waals surface area contributed by atoms with Crippen molar-refractivity contribution in [3.63, 3.8) is 0 Å². The van der Waals surface area contributed by atoms with Crippen molar-refractivity contribution in [3.05, 3.63) is 47.5 Å². The molecule has 0 fully saturated rings. The van der Waals surface area contributed by atoms with E-state index in [0.717, 1.165) is 11.2 Å². The van der Waals surface area contributed by atoms with Crippen LogP contribution in [0, 0.1) is 0 Å². The van der Waals surface area contributed by atoms with Gasteiger partial charge in [-0.2, -0.15) is 0 Å². The van der Waals surface area contributed by atoms with Crippen molar-refractivity contribution in [2.45, 2.75) is 39.5 Å². The molecule has 1 nitrogen and oxygen atoms in total. The van der Waals surface area contributed by atoms with Crippen LogP contribution < -0.4 is 0 Å². The molecule has 0 atom stereocenters. The molecule has 2 aromatic carbocycles. The van der Waals surface area contributed by atoms with Crippen molar-refractivity contribution in [2.24, 2.45) is 0 Å². The van der Waals surface area contributed by atoms with Gasteiger partial charge in [0.1, 0.15) is 11.2 Å². The van der Waals surface area contributed by atoms with E-state index in [1.165, 1.54) is 21.9 Å². The lowest BCUT2D eigenvalue weighted by Gasteiger charge is -2.11. The van der Waals surface area contributed by atoms with E-state index in [1.54, 1.807) is 0 Å². The molecule has 0 radical (unpaired) electrons. The predicted molar refractivity (Wildman–Crippen MR) is 81.9 cm³/mol. The number of furan rings is 1. The van der Waals surface area contributed by atoms with Gasteiger partial charge in [0.15, 0.2) is 0 Å². The zero-order chi connectivity index (χ0) is 13.6. The third-order valence-corrected chi connectivity index (χ3v) is 3.82. The first-order valence-corrected chi connectivity index (χ1v) is 7.03. The average molecular weight is 252 g/mol. The molecule has 1 heteroatoms. The Labute approximate surface area is 114 Å². The van der Waals surface area contributed by atoms with Crippen LogP contribution in [0.25, 0.3) is 21.9 Å². The van der Waals surface area contributed by atoms with Crippen LogP contribution in [0.2, 0.25) is 0 Å². The summed E-state index contributed by atoms with van der Waals surface area (Å²) >= 11 is 0. The van der Waals surface area contributed by atoms with Gasteiger partial charge in [-0.3, -0.25) is 0 Å². The largest absolute Gasteiger partial charge is 0.456 e. The molecule has 1 aromatic heterocycles. The average Bonchev–Trinajstić information content (AvgIpc) is 2.75. The van der Waals surface area contributed by atoms with E-state index in [4.69, 9.17) is 4.42 Å². The Balaban J connectivity index is 2.45. The Morgan fingerprint density at radius 3 is 2.26 bits per heavy atom. The number of benzene rings is 2. The lowest BCUT2D eigenvalue weighted by atomic mass is 9.93. The molecule has 98 valence electrons. The molecule has 19 heavy (non-hydrogen) atoms. The number of para-hydroxylation sites is 1. The molecule has 0 unspecified atom stereocenters. The maximum absolute atomic E-state index is 6.08. The summed E-state index contributed by atoms with van der Waals surface area (Å²) in [5.74, 6) is 1.01. The van der Waals surface area contributed by atoms with Gasteiger partial charge in [-0.15, -0.1) is 0 Å². The fraction of sp³-hybridized carbons (Fsp3) is 0.333. The maximum Gasteiger partial charge on any atom is 0.138 e. The Morgan fingerprint density at radius 1 is 0.842 bits per heavy atom. The van der Waals surface area contributed by atoms with E-state index in [1.807, 2.05) is 6.07 Å². The van der Waals surface area contributed by atoms with Crippen LogP contribution in [0.3, 0.4) is 0 Å². The molecule has 0 saturated carbocycles. The van der Waals surface area contributed by atoms with Gasteiger partial charge in [0.2, 0.25) is 0 Å². The minimum atomic E-state index is 0.474. The second-order valence-corrected chi connectivity index (χ2v) is 5.89. The van der Waals surface area contributed by atoms with Crippen LogP contribution in [-0.2, 0) is 0 Å². The van der Waals surface area contributed by atoms with Crippen molar-refractivity contribution in [2.75, 3.05) is 0 Å². The van der Waals surface area contributed by atoms with Crippen LogP contribution >= 0.6 is 0 Å². The van der Waals surface area contributed by atoms with Crippen LogP contribution in [0.15, 0.2) is 40.8 Å². The topological polar surface area (TPSA) is 13.1 Å². The Hall–Kier alpha value is -1.76. The Morgan fingerprint density at radius 2 is 1.58 bits per heavy atom. The molecule has 0 aliphatic rings. The first-order chi connectivity index (χ1) is 9.08. The van der Waals surface area contributed by atoms with Gasteiger partial charge < -0.3 is 4.42 Å². The van der Waals surface area contributed by atoms with Gasteiger partial charge in [0.05, 0.1) is 0 Å². The highest BCUT2D eigenvalue weighted by Gasteiger charge is 2.15. The highest BCUT2D eigenvalue weighted by atomic mass is 16.3. The number of fused-ring (bicyclic) bond motifs is 3. The van der Waals surface area contributed by atoms with Crippen molar-refractivity contribution in [3.8, 4) is 0 Å². The summed E-state index contributed by atoms with van der Waals surface area (Å²) < 4.78 is 6.08. The van der Waals surface area contributed by atoms with Gasteiger partial charge in [0.25, 0.3) is 0 Å². The van der Waals surface area contributed by atoms with Gasteiger partial charge in [0, 0.05) is 10.8 Å². The van der Waals surface area contributed by atoms with E-state index in [9.17, 15) is 0 Å². The summed E-state index contributed by atoms with van der Waals surface area (Å²) in [4.78, 5) is 0. The fourth-order valence-corrected chi connectivity index (χ4v) is 2.64. The van der Waals surface area contributed by atoms with Crippen molar-refractivity contribution >= 4 is 21.9 Å². The molecule has 0 spiro atoms. The van der Waals surface area contributed by atoms with Gasteiger partial charge in [-0.25, -0.2) is 0 Å². The molecule has 1 heterocycles. The molecular formula is C18H20O. The lowest BCUT2D eigenvalue weighted by molar-refractivity contribution is 0.656. The summed E-state index contributed by atoms with van der Waals surface area (Å²) in [6.07, 6.45) is 0. The standard InChI is InChI=1S/C18H20O/c1-11(2)13-9-15(12(3)4)18-16(10-13)14-7-5-6-8-17(14)19-18/h5-12H,1-4H3. The first kappa shape index (κ1) is 12.3. The molecule has 0 saturated heterocycles. The second kappa shape index (κ2) is 4.41. The Bertz CT molecular complexity index is 732. The van der Waals surface area contributed by atoms with Gasteiger partial charge in [-0.05, 0) is 35.1 Å². The van der Waals surface area contributed by atoms with Crippen molar-refractivity contribution in [1.82, 2.24) is 0 Å². The number of rotatable bonds is 2. The SMILES string of the molecule is CC(C)c1cc(C(C)C)c2oc3ccccc3c2c1. The quantitative estimate of drug-likeness (QED) is 0.559. The smallest absolute Gasteiger partial charge is 0.138 e. The fourth-order valence-electron chi connectivity index (χ4n) is 2.64. The third-order valence-electron chi connectivity index (χ3n) is 3.82. The molecule has 0 amide bonds. The van der Waals surface area contributed by atoms with Gasteiger partial charge in [-0.1, -0.05) is 52.0 Å².